The zero-order valence-corrected chi connectivity index (χ0v) is 13.0. The van der Waals surface area contributed by atoms with Crippen LogP contribution in [0.5, 0.6) is 0 Å². The molecule has 3 atom stereocenters. The van der Waals surface area contributed by atoms with E-state index < -0.39 is 4.75 Å². The van der Waals surface area contributed by atoms with E-state index in [2.05, 4.69) is 5.32 Å². The van der Waals surface area contributed by atoms with Crippen LogP contribution in [0.3, 0.4) is 0 Å². The second-order valence-electron chi connectivity index (χ2n) is 7.28. The van der Waals surface area contributed by atoms with E-state index >= 15 is 0 Å². The molecule has 4 saturated carbocycles. The summed E-state index contributed by atoms with van der Waals surface area (Å²) in [6, 6.07) is 0. The largest absolute Gasteiger partial charge is 0.383 e. The van der Waals surface area contributed by atoms with Gasteiger partial charge in [0, 0.05) is 7.11 Å². The monoisotopic (exact) mass is 294 g/mol. The van der Waals surface area contributed by atoms with E-state index in [-0.39, 0.29) is 11.4 Å². The van der Waals surface area contributed by atoms with Crippen LogP contribution in [0.2, 0.25) is 0 Å². The van der Waals surface area contributed by atoms with E-state index in [1.165, 1.54) is 32.1 Å². The summed E-state index contributed by atoms with van der Waals surface area (Å²) in [5, 5.41) is 3.82. The molecule has 20 heavy (non-hydrogen) atoms. The lowest BCUT2D eigenvalue weighted by Gasteiger charge is -2.29. The van der Waals surface area contributed by atoms with Gasteiger partial charge in [0.2, 0.25) is 5.91 Å². The Kier molecular flexibility index (Phi) is 2.78. The van der Waals surface area contributed by atoms with Gasteiger partial charge in [0.25, 0.3) is 0 Å². The van der Waals surface area contributed by atoms with Crippen molar-refractivity contribution in [3.8, 4) is 0 Å². The van der Waals surface area contributed by atoms with E-state index in [9.17, 15) is 4.79 Å². The molecule has 4 aliphatic carbocycles. The highest BCUT2D eigenvalue weighted by atomic mass is 32.2. The first-order valence-corrected chi connectivity index (χ1v) is 8.44. The Balaban J connectivity index is 1.59. The number of methoxy groups -OCH3 is 1. The van der Waals surface area contributed by atoms with Gasteiger partial charge in [0.15, 0.2) is 5.17 Å². The third-order valence-corrected chi connectivity index (χ3v) is 6.85. The zero-order valence-electron chi connectivity index (χ0n) is 12.1. The number of carbonyl (C=O) groups excluding carboxylic acids is 1. The average Bonchev–Trinajstić information content (AvgIpc) is 2.85. The number of thioether (sulfide) groups is 1. The smallest absolute Gasteiger partial charge is 0.244 e. The number of amidine groups is 1. The van der Waals surface area contributed by atoms with Gasteiger partial charge >= 0.3 is 0 Å². The number of hydrogen-bond donors (Lipinski definition) is 1. The summed E-state index contributed by atoms with van der Waals surface area (Å²) in [4.78, 5) is 17.2. The highest BCUT2D eigenvalue weighted by Crippen LogP contribution is 2.62. The molecule has 1 N–H and O–H groups in total. The van der Waals surface area contributed by atoms with Gasteiger partial charge in [-0.15, -0.1) is 0 Å². The first kappa shape index (κ1) is 13.1. The van der Waals surface area contributed by atoms with Crippen molar-refractivity contribution in [2.24, 2.45) is 22.7 Å². The fraction of sp³-hybridized carbons (Fsp3) is 0.867. The van der Waals surface area contributed by atoms with Gasteiger partial charge in [-0.05, 0) is 56.8 Å². The molecular weight excluding hydrogens is 272 g/mol. The maximum Gasteiger partial charge on any atom is 0.244 e. The van der Waals surface area contributed by atoms with Crippen molar-refractivity contribution in [1.29, 1.82) is 0 Å². The first-order valence-electron chi connectivity index (χ1n) is 7.62. The van der Waals surface area contributed by atoms with E-state index in [1.54, 1.807) is 18.9 Å². The van der Waals surface area contributed by atoms with Crippen molar-refractivity contribution >= 4 is 22.8 Å². The first-order chi connectivity index (χ1) is 9.53. The molecule has 1 heterocycles. The predicted octanol–water partition coefficient (Wildman–Crippen LogP) is 2.19. The van der Waals surface area contributed by atoms with Crippen LogP contribution in [0.4, 0.5) is 0 Å². The predicted molar refractivity (Wildman–Crippen MR) is 79.7 cm³/mol. The van der Waals surface area contributed by atoms with Gasteiger partial charge in [-0.1, -0.05) is 11.8 Å². The number of nitrogens with zero attached hydrogens (tertiary/aromatic N) is 1. The number of ether oxygens (including phenoxy) is 1. The minimum atomic E-state index is -0.514. The molecule has 0 aromatic heterocycles. The summed E-state index contributed by atoms with van der Waals surface area (Å²) in [7, 11) is 1.64. The number of hydrogen-bond acceptors (Lipinski definition) is 4. The Morgan fingerprint density at radius 2 is 2.05 bits per heavy atom. The van der Waals surface area contributed by atoms with E-state index in [0.717, 1.165) is 22.9 Å². The van der Waals surface area contributed by atoms with Crippen molar-refractivity contribution in [2.45, 2.75) is 49.3 Å². The third-order valence-electron chi connectivity index (χ3n) is 5.71. The van der Waals surface area contributed by atoms with Gasteiger partial charge in [-0.3, -0.25) is 9.79 Å². The summed E-state index contributed by atoms with van der Waals surface area (Å²) < 4.78 is 4.68. The molecule has 1 saturated heterocycles. The van der Waals surface area contributed by atoms with Crippen LogP contribution in [0, 0.1) is 17.8 Å². The van der Waals surface area contributed by atoms with Crippen LogP contribution < -0.4 is 5.32 Å². The molecule has 5 rings (SSSR count). The topological polar surface area (TPSA) is 50.7 Å². The lowest BCUT2D eigenvalue weighted by Crippen LogP contribution is -2.38. The van der Waals surface area contributed by atoms with Crippen LogP contribution in [-0.2, 0) is 9.53 Å². The van der Waals surface area contributed by atoms with Crippen molar-refractivity contribution in [1.82, 2.24) is 5.32 Å². The second-order valence-corrected chi connectivity index (χ2v) is 8.78. The van der Waals surface area contributed by atoms with Crippen LogP contribution in [0.15, 0.2) is 4.99 Å². The van der Waals surface area contributed by atoms with E-state index in [4.69, 9.17) is 9.73 Å². The number of amides is 1. The SMILES string of the molecule is COCC1(C)SC(=NC23CC4CC(CC2C4)C3)NC1=O. The molecule has 3 unspecified atom stereocenters. The number of carbonyl (C=O) groups is 1. The van der Waals surface area contributed by atoms with E-state index in [0.29, 0.717) is 6.61 Å². The fourth-order valence-electron chi connectivity index (χ4n) is 5.07. The lowest BCUT2D eigenvalue weighted by atomic mass is 9.81. The average molecular weight is 294 g/mol. The molecule has 4 bridgehead atoms. The van der Waals surface area contributed by atoms with Crippen LogP contribution >= 0.6 is 11.8 Å². The molecule has 0 aromatic carbocycles. The third kappa shape index (κ3) is 1.78. The number of rotatable bonds is 3. The van der Waals surface area contributed by atoms with Crippen molar-refractivity contribution in [2.75, 3.05) is 13.7 Å². The molecule has 110 valence electrons. The zero-order chi connectivity index (χ0) is 14.0. The highest BCUT2D eigenvalue weighted by Gasteiger charge is 2.58. The maximum absolute atomic E-state index is 12.1. The number of aliphatic imine (C=N–C) groups is 1. The molecule has 0 radical (unpaired) electrons. The number of nitrogens with one attached hydrogen (secondary N) is 1. The minimum Gasteiger partial charge on any atom is -0.383 e. The van der Waals surface area contributed by atoms with Crippen molar-refractivity contribution in [3.63, 3.8) is 0 Å². The summed E-state index contributed by atoms with van der Waals surface area (Å²) in [6.07, 6.45) is 6.64. The summed E-state index contributed by atoms with van der Waals surface area (Å²) in [5.74, 6) is 2.59. The molecule has 0 spiro atoms. The maximum atomic E-state index is 12.1. The molecule has 5 heteroatoms. The minimum absolute atomic E-state index is 0.0391. The van der Waals surface area contributed by atoms with E-state index in [1.807, 2.05) is 6.92 Å². The molecule has 1 aliphatic heterocycles. The van der Waals surface area contributed by atoms with Crippen molar-refractivity contribution in [3.05, 3.63) is 0 Å². The fourth-order valence-corrected chi connectivity index (χ4v) is 6.19. The van der Waals surface area contributed by atoms with Crippen LogP contribution in [-0.4, -0.2) is 35.1 Å². The molecule has 5 aliphatic rings. The Bertz CT molecular complexity index is 478. The summed E-state index contributed by atoms with van der Waals surface area (Å²) in [6.45, 7) is 2.37. The van der Waals surface area contributed by atoms with Gasteiger partial charge in [0.1, 0.15) is 4.75 Å². The normalized spacial score (nSPS) is 51.2. The lowest BCUT2D eigenvalue weighted by molar-refractivity contribution is -0.122. The molecular formula is C15H22N2O2S. The molecule has 4 nitrogen and oxygen atoms in total. The highest BCUT2D eigenvalue weighted by molar-refractivity contribution is 8.16. The standard InChI is InChI=1S/C15H22N2O2S/c1-14(8-19-2)12(18)16-13(20-14)17-15-6-9-3-10(7-15)5-11(15)4-9/h9-11H,3-8H2,1-2H3,(H,16,17,18). The van der Waals surface area contributed by atoms with Crippen LogP contribution in [0.25, 0.3) is 0 Å². The Morgan fingerprint density at radius 3 is 2.70 bits per heavy atom. The van der Waals surface area contributed by atoms with Gasteiger partial charge in [-0.2, -0.15) is 0 Å². The second kappa shape index (κ2) is 4.23. The van der Waals surface area contributed by atoms with Crippen molar-refractivity contribution < 1.29 is 9.53 Å². The Labute approximate surface area is 124 Å². The van der Waals surface area contributed by atoms with Gasteiger partial charge < -0.3 is 10.1 Å². The van der Waals surface area contributed by atoms with Gasteiger partial charge in [0.05, 0.1) is 12.1 Å². The summed E-state index contributed by atoms with van der Waals surface area (Å²) >= 11 is 1.56. The summed E-state index contributed by atoms with van der Waals surface area (Å²) in [5.41, 5.74) is 0.154. The van der Waals surface area contributed by atoms with Gasteiger partial charge in [-0.25, -0.2) is 0 Å². The Hall–Kier alpha value is -0.550. The Morgan fingerprint density at radius 1 is 1.35 bits per heavy atom. The molecule has 5 fully saturated rings. The molecule has 1 amide bonds. The quantitative estimate of drug-likeness (QED) is 0.868. The van der Waals surface area contributed by atoms with Crippen LogP contribution in [0.1, 0.15) is 39.0 Å². The molecule has 0 aromatic rings.